The number of para-hydroxylation sites is 3. The van der Waals surface area contributed by atoms with E-state index in [9.17, 15) is 82.1 Å². The van der Waals surface area contributed by atoms with Gasteiger partial charge in [-0.1, -0.05) is 129 Å². The number of alkyl halides is 1. The first-order valence-corrected chi connectivity index (χ1v) is 29.2. The molecule has 29 heteroatoms. The molecule has 0 bridgehead atoms. The molecule has 20 amide bonds. The van der Waals surface area contributed by atoms with Crippen LogP contribution in [0, 0.1) is 17.8 Å². The van der Waals surface area contributed by atoms with Crippen LogP contribution in [0.25, 0.3) is 0 Å². The highest BCUT2D eigenvalue weighted by molar-refractivity contribution is 6.48. The van der Waals surface area contributed by atoms with Crippen molar-refractivity contribution in [1.29, 1.82) is 0 Å². The number of amides is 20. The van der Waals surface area contributed by atoms with Gasteiger partial charge in [-0.25, -0.2) is 38.7 Å². The number of halogens is 1. The summed E-state index contributed by atoms with van der Waals surface area (Å²) in [6, 6.07) is 42.6. The van der Waals surface area contributed by atoms with Gasteiger partial charge in [-0.15, -0.1) is 11.6 Å². The summed E-state index contributed by atoms with van der Waals surface area (Å²) in [5.41, 5.74) is 3.24. The Labute approximate surface area is 540 Å². The molecule has 7 N–H and O–H groups in total. The third-order valence-electron chi connectivity index (χ3n) is 14.5. The number of anilines is 3. The predicted molar refractivity (Wildman–Crippen MR) is 333 cm³/mol. The number of barbiturate groups is 5. The zero-order valence-corrected chi connectivity index (χ0v) is 51.1. The molecule has 1 atom stereocenters. The number of imide groups is 10. The molecule has 5 aliphatic rings. The van der Waals surface area contributed by atoms with Crippen LogP contribution < -0.4 is 36.0 Å². The summed E-state index contributed by atoms with van der Waals surface area (Å²) >= 11 is 5.95. The number of hydrogen-bond acceptors (Lipinski definition) is 18. The van der Waals surface area contributed by atoms with E-state index in [2.05, 4.69) is 10.6 Å². The van der Waals surface area contributed by atoms with Crippen molar-refractivity contribution in [3.8, 4) is 11.5 Å². The summed E-state index contributed by atoms with van der Waals surface area (Å²) in [5.74, 6) is -8.77. The molecule has 0 radical (unpaired) electrons. The maximum absolute atomic E-state index is 12.6. The van der Waals surface area contributed by atoms with Crippen molar-refractivity contribution in [2.75, 3.05) is 28.8 Å². The molecule has 6 aromatic rings. The second kappa shape index (κ2) is 31.8. The second-order valence-corrected chi connectivity index (χ2v) is 21.4. The van der Waals surface area contributed by atoms with Crippen molar-refractivity contribution < 1.29 is 87.2 Å². The summed E-state index contributed by atoms with van der Waals surface area (Å²) < 4.78 is 0. The fourth-order valence-electron chi connectivity index (χ4n) is 9.51. The van der Waals surface area contributed by atoms with Crippen molar-refractivity contribution in [2.24, 2.45) is 17.8 Å². The number of aromatic hydroxyl groups is 2. The van der Waals surface area contributed by atoms with Gasteiger partial charge in [0, 0.05) is 14.1 Å². The van der Waals surface area contributed by atoms with Crippen molar-refractivity contribution >= 4 is 118 Å². The first kappa shape index (κ1) is 69.7. The summed E-state index contributed by atoms with van der Waals surface area (Å²) in [7, 11) is 2.72. The number of aliphatic hydroxyl groups excluding tert-OH is 1. The van der Waals surface area contributed by atoms with E-state index >= 15 is 0 Å². The number of unbranched alkanes of at least 4 members (excludes halogenated alkanes) is 1. The van der Waals surface area contributed by atoms with Crippen molar-refractivity contribution in [3.05, 3.63) is 187 Å². The van der Waals surface area contributed by atoms with Gasteiger partial charge in [-0.2, -0.15) is 0 Å². The third kappa shape index (κ3) is 17.0. The van der Waals surface area contributed by atoms with Gasteiger partial charge in [-0.05, 0) is 96.6 Å². The number of carbonyl (C=O) groups excluding carboxylic acids is 15. The normalized spacial score (nSPS) is 17.4. The zero-order chi connectivity index (χ0) is 68.5. The van der Waals surface area contributed by atoms with Crippen LogP contribution in [0.5, 0.6) is 11.5 Å². The molecule has 486 valence electrons. The number of phenols is 2. The number of hydrogen-bond donors (Lipinski definition) is 7. The number of rotatable bonds is 12. The van der Waals surface area contributed by atoms with Crippen LogP contribution in [0.15, 0.2) is 170 Å². The molecular weight excluding hydrogens is 1240 g/mol. The van der Waals surface area contributed by atoms with Gasteiger partial charge < -0.3 is 15.3 Å². The fourth-order valence-corrected chi connectivity index (χ4v) is 9.72. The first-order valence-electron chi connectivity index (χ1n) is 28.7. The Morgan fingerprint density at radius 3 is 1.13 bits per heavy atom. The molecule has 11 rings (SSSR count). The highest BCUT2D eigenvalue weighted by Gasteiger charge is 2.48. The molecule has 5 heterocycles. The minimum atomic E-state index is -1.90. The van der Waals surface area contributed by atoms with Crippen LogP contribution in [0.2, 0.25) is 0 Å². The van der Waals surface area contributed by atoms with Crippen molar-refractivity contribution in [2.45, 2.75) is 57.1 Å². The molecule has 0 aliphatic carbocycles. The predicted octanol–water partition coefficient (Wildman–Crippen LogP) is 5.01. The lowest BCUT2D eigenvalue weighted by atomic mass is 9.95. The molecular formula is C65H61ClN10O18. The second-order valence-electron chi connectivity index (χ2n) is 21.0. The summed E-state index contributed by atoms with van der Waals surface area (Å²) in [5, 5.41) is 35.0. The van der Waals surface area contributed by atoms with Crippen LogP contribution in [0.4, 0.5) is 41.0 Å². The number of urea groups is 5. The van der Waals surface area contributed by atoms with Crippen LogP contribution in [-0.4, -0.2) is 145 Å². The van der Waals surface area contributed by atoms with Gasteiger partial charge in [0.15, 0.2) is 5.38 Å². The lowest BCUT2D eigenvalue weighted by Crippen LogP contribution is -2.63. The minimum absolute atomic E-state index is 0.0678. The first-order chi connectivity index (χ1) is 44.8. The van der Waals surface area contributed by atoms with Gasteiger partial charge in [0.1, 0.15) is 29.3 Å². The van der Waals surface area contributed by atoms with E-state index in [4.69, 9.17) is 16.7 Å². The average Bonchev–Trinajstić information content (AvgIpc) is 0.781. The maximum Gasteiger partial charge on any atom is 0.342 e. The van der Waals surface area contributed by atoms with Crippen LogP contribution in [0.3, 0.4) is 0 Å². The molecule has 28 nitrogen and oxygen atoms in total. The molecule has 0 spiro atoms. The molecule has 0 aromatic heterocycles. The van der Waals surface area contributed by atoms with E-state index in [0.29, 0.717) is 23.5 Å². The maximum atomic E-state index is 12.6. The number of carbonyl (C=O) groups is 15. The Balaban J connectivity index is 0.000000168. The third-order valence-corrected chi connectivity index (χ3v) is 14.9. The van der Waals surface area contributed by atoms with E-state index in [1.54, 1.807) is 127 Å². The molecule has 94 heavy (non-hydrogen) atoms. The summed E-state index contributed by atoms with van der Waals surface area (Å²) in [4.78, 5) is 182. The van der Waals surface area contributed by atoms with Crippen LogP contribution in [-0.2, 0) is 67.3 Å². The average molecular weight is 1310 g/mol. The molecule has 5 aliphatic heterocycles. The van der Waals surface area contributed by atoms with E-state index in [1.165, 1.54) is 38.4 Å². The molecule has 0 saturated carbocycles. The SMILES string of the molecule is CCCCC1C(=O)NC(=O)NC1=O.CN1C(=O)C(Cc2ccc(O)cc2)C(=O)N(C)C1=O.O=C1C(Cl)C(=O)N(c2ccccc2)C(=O)N1Cc1ccccc1.O=C1C(O)C(=O)N(c2ccccc2)C(=O)N1c1ccccc1.O=C1NC(=O)C(Cc2ccc(O)cc2)C(=O)N1. The van der Waals surface area contributed by atoms with Gasteiger partial charge in [0.2, 0.25) is 41.5 Å². The minimum Gasteiger partial charge on any atom is -0.508 e. The highest BCUT2D eigenvalue weighted by atomic mass is 35.5. The van der Waals surface area contributed by atoms with Crippen molar-refractivity contribution in [1.82, 2.24) is 36.0 Å². The van der Waals surface area contributed by atoms with Gasteiger partial charge in [0.25, 0.3) is 23.6 Å². The largest absolute Gasteiger partial charge is 0.508 e. The number of aliphatic hydroxyl groups is 1. The Hall–Kier alpha value is -11.8. The Morgan fingerprint density at radius 1 is 0.394 bits per heavy atom. The fraction of sp³-hybridized carbons (Fsp3) is 0.215. The van der Waals surface area contributed by atoms with E-state index in [-0.39, 0.29) is 30.9 Å². The smallest absolute Gasteiger partial charge is 0.342 e. The van der Waals surface area contributed by atoms with Crippen molar-refractivity contribution in [3.63, 3.8) is 0 Å². The van der Waals surface area contributed by atoms with Crippen LogP contribution in [0.1, 0.15) is 42.9 Å². The summed E-state index contributed by atoms with van der Waals surface area (Å²) in [6.45, 7) is 2.04. The Kier molecular flexibility index (Phi) is 23.6. The van der Waals surface area contributed by atoms with Gasteiger partial charge in [-0.3, -0.25) is 83.9 Å². The van der Waals surface area contributed by atoms with E-state index in [1.807, 2.05) is 35.8 Å². The number of nitrogens with one attached hydrogen (secondary N) is 4. The highest BCUT2D eigenvalue weighted by Crippen LogP contribution is 2.29. The molecule has 5 saturated heterocycles. The molecule has 1 unspecified atom stereocenters. The summed E-state index contributed by atoms with van der Waals surface area (Å²) in [6.07, 6.45) is 0.718. The monoisotopic (exact) mass is 1300 g/mol. The lowest BCUT2D eigenvalue weighted by Gasteiger charge is -2.34. The quantitative estimate of drug-likeness (QED) is 0.0625. The number of nitrogens with zero attached hydrogens (tertiary/aromatic N) is 6. The topological polar surface area (TPSA) is 384 Å². The van der Waals surface area contributed by atoms with Crippen LogP contribution >= 0.6 is 11.6 Å². The zero-order valence-electron chi connectivity index (χ0n) is 50.3. The lowest BCUT2D eigenvalue weighted by molar-refractivity contribution is -0.148. The molecule has 6 aromatic carbocycles. The van der Waals surface area contributed by atoms with E-state index < -0.39 is 118 Å². The molecule has 5 fully saturated rings. The van der Waals surface area contributed by atoms with E-state index in [0.717, 1.165) is 58.9 Å². The van der Waals surface area contributed by atoms with Gasteiger partial charge >= 0.3 is 30.2 Å². The Morgan fingerprint density at radius 2 is 0.745 bits per heavy atom. The standard InChI is InChI=1S/C17H13ClN2O3.C16H12N2O4.C13H14N2O4.C11H10N2O4.C8H12N2O3/c18-14-15(21)19(11-12-7-3-1-4-8-12)17(23)20(16(14)22)13-9-5-2-6-10-13;19-13-14(20)17(11-7-3-1-4-8-11)16(22)18(15(13)21)12-9-5-2-6-10-12;1-14-11(17)10(12(18)15(2)13(14)19)7-8-3-5-9(16)6-4-8;14-7-3-1-6(2-4-7)5-8-9(15)12-11(17)13-10(8)16;1-2-3-4-5-6(11)9-8(13)10-7(5)12/h1-10,14H,11H2;1-10,13,19H;3-6,10,16H,7H2,1-2H3;1-4,8,14H,5H2,(H2,12,13,15,16,17);5H,2-4H2,1H3,(H2,9,10,11,12,13). The number of phenolic OH excluding ortho intramolecular Hbond substituents is 2. The van der Waals surface area contributed by atoms with Gasteiger partial charge in [0.05, 0.1) is 23.6 Å². The Bertz CT molecular complexity index is 3760. The number of benzene rings is 6.